The molecule has 0 saturated carbocycles. The van der Waals surface area contributed by atoms with Crippen LogP contribution in [0.5, 0.6) is 0 Å². The van der Waals surface area contributed by atoms with Crippen LogP contribution in [0.1, 0.15) is 29.6 Å². The van der Waals surface area contributed by atoms with Crippen LogP contribution >= 0.6 is 11.3 Å². The molecule has 1 aliphatic rings. The maximum atomic E-state index is 4.56. The summed E-state index contributed by atoms with van der Waals surface area (Å²) < 4.78 is 1.81. The fourth-order valence-electron chi connectivity index (χ4n) is 2.85. The summed E-state index contributed by atoms with van der Waals surface area (Å²) in [7, 11) is 0. The van der Waals surface area contributed by atoms with E-state index >= 15 is 0 Å². The van der Waals surface area contributed by atoms with E-state index in [1.165, 1.54) is 28.7 Å². The quantitative estimate of drug-likeness (QED) is 0.622. The van der Waals surface area contributed by atoms with Crippen molar-refractivity contribution in [3.05, 3.63) is 22.6 Å². The lowest BCUT2D eigenvalue weighted by Gasteiger charge is -2.17. The highest BCUT2D eigenvalue weighted by molar-refractivity contribution is 7.19. The highest BCUT2D eigenvalue weighted by atomic mass is 32.1. The molecule has 1 atom stereocenters. The van der Waals surface area contributed by atoms with Gasteiger partial charge in [0.15, 0.2) is 5.65 Å². The van der Waals surface area contributed by atoms with Crippen molar-refractivity contribution < 1.29 is 0 Å². The van der Waals surface area contributed by atoms with Crippen LogP contribution in [0.25, 0.3) is 15.9 Å². The van der Waals surface area contributed by atoms with Gasteiger partial charge in [0.05, 0.1) is 5.39 Å². The Morgan fingerprint density at radius 3 is 3.22 bits per heavy atom. The summed E-state index contributed by atoms with van der Waals surface area (Å²) in [5, 5.41) is 5.60. The molecule has 0 fully saturated rings. The topological polar surface area (TPSA) is 43.1 Å². The minimum atomic E-state index is 0.793. The zero-order chi connectivity index (χ0) is 12.3. The van der Waals surface area contributed by atoms with Crippen molar-refractivity contribution in [2.75, 3.05) is 0 Å². The molecular formula is C13H14N4S. The molecule has 0 amide bonds. The molecule has 1 aliphatic carbocycles. The standard InChI is InChI=1S/C13H14N4S/c1-7-3-4-9-10(5-7)18-13-11(9)12-15-8(2)16-17(12)6-14-13/h6-7H,3-5H2,1-2H3/t7-/m0/s1. The molecule has 92 valence electrons. The van der Waals surface area contributed by atoms with Crippen LogP contribution in [0.2, 0.25) is 0 Å². The van der Waals surface area contributed by atoms with E-state index in [0.717, 1.165) is 28.6 Å². The summed E-state index contributed by atoms with van der Waals surface area (Å²) in [6.07, 6.45) is 5.40. The average Bonchev–Trinajstić information content (AvgIpc) is 2.86. The maximum Gasteiger partial charge on any atom is 0.167 e. The van der Waals surface area contributed by atoms with E-state index in [0.29, 0.717) is 0 Å². The third kappa shape index (κ3) is 1.34. The number of thiophene rings is 1. The molecule has 3 aromatic heterocycles. The highest BCUT2D eigenvalue weighted by Gasteiger charge is 2.23. The molecule has 0 bridgehead atoms. The molecule has 4 rings (SSSR count). The molecule has 0 unspecified atom stereocenters. The Labute approximate surface area is 109 Å². The summed E-state index contributed by atoms with van der Waals surface area (Å²) >= 11 is 1.84. The van der Waals surface area contributed by atoms with Gasteiger partial charge < -0.3 is 0 Å². The molecule has 0 saturated heterocycles. The van der Waals surface area contributed by atoms with Crippen LogP contribution in [0.4, 0.5) is 0 Å². The number of fused-ring (bicyclic) bond motifs is 5. The molecule has 3 aromatic rings. The predicted molar refractivity (Wildman–Crippen MR) is 72.1 cm³/mol. The lowest BCUT2D eigenvalue weighted by Crippen LogP contribution is -2.08. The van der Waals surface area contributed by atoms with Gasteiger partial charge in [-0.1, -0.05) is 6.92 Å². The Morgan fingerprint density at radius 2 is 2.33 bits per heavy atom. The minimum absolute atomic E-state index is 0.793. The molecule has 0 radical (unpaired) electrons. The summed E-state index contributed by atoms with van der Waals surface area (Å²) in [5.74, 6) is 1.61. The van der Waals surface area contributed by atoms with Crippen molar-refractivity contribution in [2.45, 2.75) is 33.1 Å². The molecule has 5 heteroatoms. The van der Waals surface area contributed by atoms with E-state index < -0.39 is 0 Å². The van der Waals surface area contributed by atoms with Gasteiger partial charge in [-0.15, -0.1) is 11.3 Å². The molecule has 0 spiro atoms. The van der Waals surface area contributed by atoms with Crippen molar-refractivity contribution in [3.63, 3.8) is 0 Å². The zero-order valence-electron chi connectivity index (χ0n) is 10.5. The Morgan fingerprint density at radius 1 is 1.44 bits per heavy atom. The average molecular weight is 258 g/mol. The Hall–Kier alpha value is -1.49. The van der Waals surface area contributed by atoms with Crippen molar-refractivity contribution in [1.82, 2.24) is 19.6 Å². The number of aromatic nitrogens is 4. The number of nitrogens with zero attached hydrogens (tertiary/aromatic N) is 4. The summed E-state index contributed by atoms with van der Waals surface area (Å²) in [4.78, 5) is 11.7. The van der Waals surface area contributed by atoms with Crippen LogP contribution in [-0.2, 0) is 12.8 Å². The van der Waals surface area contributed by atoms with Crippen LogP contribution in [0.3, 0.4) is 0 Å². The van der Waals surface area contributed by atoms with Crippen LogP contribution < -0.4 is 0 Å². The van der Waals surface area contributed by atoms with Crippen molar-refractivity contribution >= 4 is 27.2 Å². The second kappa shape index (κ2) is 3.51. The third-order valence-corrected chi connectivity index (χ3v) is 4.90. The number of aryl methyl sites for hydroxylation is 2. The van der Waals surface area contributed by atoms with Crippen LogP contribution in [0.15, 0.2) is 6.33 Å². The van der Waals surface area contributed by atoms with Gasteiger partial charge in [-0.25, -0.2) is 14.5 Å². The van der Waals surface area contributed by atoms with E-state index in [-0.39, 0.29) is 0 Å². The fourth-order valence-corrected chi connectivity index (χ4v) is 4.19. The van der Waals surface area contributed by atoms with Crippen molar-refractivity contribution in [1.29, 1.82) is 0 Å². The minimum Gasteiger partial charge on any atom is -0.225 e. The SMILES string of the molecule is Cc1nc2c3c4c(sc3ncn2n1)C[C@@H](C)CC4. The Kier molecular flexibility index (Phi) is 2.03. The van der Waals surface area contributed by atoms with E-state index in [4.69, 9.17) is 0 Å². The molecule has 18 heavy (non-hydrogen) atoms. The molecule has 0 aliphatic heterocycles. The third-order valence-electron chi connectivity index (χ3n) is 3.74. The van der Waals surface area contributed by atoms with Gasteiger partial charge >= 0.3 is 0 Å². The van der Waals surface area contributed by atoms with Gasteiger partial charge in [-0.3, -0.25) is 0 Å². The van der Waals surface area contributed by atoms with E-state index in [2.05, 4.69) is 22.0 Å². The largest absolute Gasteiger partial charge is 0.225 e. The first-order valence-corrected chi connectivity index (χ1v) is 7.16. The molecule has 4 nitrogen and oxygen atoms in total. The van der Waals surface area contributed by atoms with Crippen LogP contribution in [0, 0.1) is 12.8 Å². The van der Waals surface area contributed by atoms with Crippen LogP contribution in [-0.4, -0.2) is 19.6 Å². The maximum absolute atomic E-state index is 4.56. The number of hydrogen-bond acceptors (Lipinski definition) is 4. The molecule has 3 heterocycles. The Bertz CT molecular complexity index is 755. The zero-order valence-corrected chi connectivity index (χ0v) is 11.3. The molecule has 0 aromatic carbocycles. The van der Waals surface area contributed by atoms with Gasteiger partial charge in [0.25, 0.3) is 0 Å². The van der Waals surface area contributed by atoms with Gasteiger partial charge in [0.1, 0.15) is 17.0 Å². The molecule has 0 N–H and O–H groups in total. The highest BCUT2D eigenvalue weighted by Crippen LogP contribution is 2.38. The normalized spacial score (nSPS) is 19.6. The summed E-state index contributed by atoms with van der Waals surface area (Å²) in [6, 6.07) is 0. The van der Waals surface area contributed by atoms with Crippen molar-refractivity contribution in [3.8, 4) is 0 Å². The van der Waals surface area contributed by atoms with Crippen molar-refractivity contribution in [2.24, 2.45) is 5.92 Å². The fraction of sp³-hybridized carbons (Fsp3) is 0.462. The predicted octanol–water partition coefficient (Wildman–Crippen LogP) is 2.77. The second-order valence-electron chi connectivity index (χ2n) is 5.20. The smallest absolute Gasteiger partial charge is 0.167 e. The first-order valence-electron chi connectivity index (χ1n) is 6.34. The van der Waals surface area contributed by atoms with Gasteiger partial charge in [0, 0.05) is 4.88 Å². The van der Waals surface area contributed by atoms with E-state index in [1.807, 2.05) is 22.8 Å². The lowest BCUT2D eigenvalue weighted by molar-refractivity contribution is 0.509. The number of hydrogen-bond donors (Lipinski definition) is 0. The summed E-state index contributed by atoms with van der Waals surface area (Å²) in [6.45, 7) is 4.26. The first kappa shape index (κ1) is 10.4. The first-order chi connectivity index (χ1) is 8.72. The lowest BCUT2D eigenvalue weighted by atomic mass is 9.89. The van der Waals surface area contributed by atoms with E-state index in [1.54, 1.807) is 6.33 Å². The number of rotatable bonds is 0. The van der Waals surface area contributed by atoms with Gasteiger partial charge in [-0.2, -0.15) is 5.10 Å². The van der Waals surface area contributed by atoms with Gasteiger partial charge in [0.2, 0.25) is 0 Å². The van der Waals surface area contributed by atoms with Gasteiger partial charge in [-0.05, 0) is 37.7 Å². The van der Waals surface area contributed by atoms with E-state index in [9.17, 15) is 0 Å². The monoisotopic (exact) mass is 258 g/mol. The Balaban J connectivity index is 2.11. The summed E-state index contributed by atoms with van der Waals surface area (Å²) in [5.41, 5.74) is 2.45. The second-order valence-corrected chi connectivity index (χ2v) is 6.29. The molecular weight excluding hydrogens is 244 g/mol.